The van der Waals surface area contributed by atoms with Crippen LogP contribution in [0.5, 0.6) is 0 Å². The second-order valence-electron chi connectivity index (χ2n) is 8.87. The molecule has 5 nitrogen and oxygen atoms in total. The molecule has 1 aliphatic heterocycles. The Labute approximate surface area is 204 Å². The van der Waals surface area contributed by atoms with E-state index < -0.39 is 17.7 Å². The summed E-state index contributed by atoms with van der Waals surface area (Å²) in [4.78, 5) is 7.59. The van der Waals surface area contributed by atoms with Crippen LogP contribution in [0.4, 0.5) is 8.78 Å². The largest absolute Gasteiger partial charge is 0.390 e. The molecule has 3 aromatic carbocycles. The van der Waals surface area contributed by atoms with Crippen molar-refractivity contribution in [3.8, 4) is 0 Å². The van der Waals surface area contributed by atoms with E-state index in [9.17, 15) is 13.9 Å². The summed E-state index contributed by atoms with van der Waals surface area (Å²) in [7, 11) is 0. The molecule has 0 amide bonds. The van der Waals surface area contributed by atoms with E-state index in [-0.39, 0.29) is 25.8 Å². The zero-order valence-corrected chi connectivity index (χ0v) is 19.7. The SMILES string of the molecule is Cc1ccccc1C1=NOC(CN(Cc2ccc(F)cc2F)CC(O)COCc2ccccc2)C1. The molecule has 2 unspecified atom stereocenters. The molecule has 1 aliphatic rings. The van der Waals surface area contributed by atoms with Gasteiger partial charge in [0, 0.05) is 43.2 Å². The van der Waals surface area contributed by atoms with Crippen LogP contribution in [-0.2, 0) is 22.7 Å². The molecule has 1 N–H and O–H groups in total. The van der Waals surface area contributed by atoms with Gasteiger partial charge in [-0.15, -0.1) is 0 Å². The first-order valence-electron chi connectivity index (χ1n) is 11.7. The number of hydrogen-bond acceptors (Lipinski definition) is 5. The number of rotatable bonds is 11. The fraction of sp³-hybridized carbons (Fsp3) is 0.321. The van der Waals surface area contributed by atoms with Crippen molar-refractivity contribution < 1.29 is 23.5 Å². The van der Waals surface area contributed by atoms with Gasteiger partial charge in [0.05, 0.1) is 25.0 Å². The molecule has 0 bridgehead atoms. The van der Waals surface area contributed by atoms with Gasteiger partial charge in [0.15, 0.2) is 0 Å². The van der Waals surface area contributed by atoms with Crippen LogP contribution in [0, 0.1) is 18.6 Å². The third kappa shape index (κ3) is 7.18. The first-order chi connectivity index (χ1) is 17.0. The Morgan fingerprint density at radius 3 is 2.63 bits per heavy atom. The molecule has 0 aromatic heterocycles. The van der Waals surface area contributed by atoms with Crippen LogP contribution >= 0.6 is 0 Å². The maximum atomic E-state index is 14.4. The lowest BCUT2D eigenvalue weighted by molar-refractivity contribution is -0.00671. The van der Waals surface area contributed by atoms with E-state index in [1.807, 2.05) is 66.4 Å². The molecule has 184 valence electrons. The van der Waals surface area contributed by atoms with Gasteiger partial charge in [-0.2, -0.15) is 0 Å². The van der Waals surface area contributed by atoms with Crippen LogP contribution in [0.3, 0.4) is 0 Å². The normalized spacial score (nSPS) is 16.3. The van der Waals surface area contributed by atoms with Crippen LogP contribution in [0.25, 0.3) is 0 Å². The lowest BCUT2D eigenvalue weighted by Gasteiger charge is -2.27. The van der Waals surface area contributed by atoms with Crippen LogP contribution in [0.1, 0.15) is 28.7 Å². The minimum absolute atomic E-state index is 0.133. The summed E-state index contributed by atoms with van der Waals surface area (Å²) in [6.07, 6.45) is -0.431. The van der Waals surface area contributed by atoms with Gasteiger partial charge < -0.3 is 14.7 Å². The summed E-state index contributed by atoms with van der Waals surface area (Å²) >= 11 is 0. The molecule has 2 atom stereocenters. The molecule has 3 aromatic rings. The Morgan fingerprint density at radius 2 is 1.86 bits per heavy atom. The number of halogens is 2. The molecular weight excluding hydrogens is 450 g/mol. The number of benzene rings is 3. The van der Waals surface area contributed by atoms with E-state index in [0.717, 1.165) is 28.5 Å². The van der Waals surface area contributed by atoms with E-state index in [2.05, 4.69) is 5.16 Å². The van der Waals surface area contributed by atoms with Crippen molar-refractivity contribution in [3.63, 3.8) is 0 Å². The first kappa shape index (κ1) is 25.0. The molecule has 35 heavy (non-hydrogen) atoms. The highest BCUT2D eigenvalue weighted by atomic mass is 19.1. The second kappa shape index (κ2) is 12.0. The van der Waals surface area contributed by atoms with E-state index >= 15 is 0 Å². The van der Waals surface area contributed by atoms with E-state index in [4.69, 9.17) is 9.57 Å². The maximum Gasteiger partial charge on any atom is 0.145 e. The summed E-state index contributed by atoms with van der Waals surface area (Å²) in [5.41, 5.74) is 4.40. The number of aliphatic hydroxyl groups is 1. The predicted octanol–water partition coefficient (Wildman–Crippen LogP) is 4.85. The fourth-order valence-electron chi connectivity index (χ4n) is 4.20. The Morgan fingerprint density at radius 1 is 1.09 bits per heavy atom. The fourth-order valence-corrected chi connectivity index (χ4v) is 4.20. The number of aliphatic hydroxyl groups excluding tert-OH is 1. The molecule has 0 saturated carbocycles. The molecule has 0 aliphatic carbocycles. The number of nitrogens with zero attached hydrogens (tertiary/aromatic N) is 2. The van der Waals surface area contributed by atoms with Gasteiger partial charge in [-0.3, -0.25) is 4.90 Å². The van der Waals surface area contributed by atoms with Gasteiger partial charge in [0.1, 0.15) is 17.7 Å². The molecule has 1 heterocycles. The van der Waals surface area contributed by atoms with Crippen molar-refractivity contribution in [2.45, 2.75) is 38.7 Å². The van der Waals surface area contributed by atoms with Gasteiger partial charge in [0.2, 0.25) is 0 Å². The summed E-state index contributed by atoms with van der Waals surface area (Å²) < 4.78 is 33.4. The van der Waals surface area contributed by atoms with Crippen molar-refractivity contribution >= 4 is 5.71 Å². The molecule has 4 rings (SSSR count). The van der Waals surface area contributed by atoms with Crippen molar-refractivity contribution in [2.75, 3.05) is 19.7 Å². The lowest BCUT2D eigenvalue weighted by Crippen LogP contribution is -2.39. The Balaban J connectivity index is 1.38. The zero-order chi connectivity index (χ0) is 24.6. The van der Waals surface area contributed by atoms with Crippen molar-refractivity contribution in [1.29, 1.82) is 0 Å². The molecular formula is C28H30F2N2O3. The maximum absolute atomic E-state index is 14.4. The van der Waals surface area contributed by atoms with Crippen LogP contribution in [-0.4, -0.2) is 47.6 Å². The quantitative estimate of drug-likeness (QED) is 0.427. The molecule has 7 heteroatoms. The zero-order valence-electron chi connectivity index (χ0n) is 19.7. The van der Waals surface area contributed by atoms with Crippen molar-refractivity contribution in [1.82, 2.24) is 4.90 Å². The third-order valence-electron chi connectivity index (χ3n) is 5.95. The van der Waals surface area contributed by atoms with E-state index in [0.29, 0.717) is 25.1 Å². The van der Waals surface area contributed by atoms with E-state index in [1.165, 1.54) is 12.1 Å². The highest BCUT2D eigenvalue weighted by molar-refractivity contribution is 6.02. The summed E-state index contributed by atoms with van der Waals surface area (Å²) in [5.74, 6) is -1.24. The highest BCUT2D eigenvalue weighted by Crippen LogP contribution is 2.21. The van der Waals surface area contributed by atoms with Gasteiger partial charge in [0.25, 0.3) is 0 Å². The van der Waals surface area contributed by atoms with Crippen LogP contribution in [0.2, 0.25) is 0 Å². The monoisotopic (exact) mass is 480 g/mol. The topological polar surface area (TPSA) is 54.3 Å². The van der Waals surface area contributed by atoms with Gasteiger partial charge >= 0.3 is 0 Å². The van der Waals surface area contributed by atoms with Gasteiger partial charge in [-0.25, -0.2) is 8.78 Å². The average molecular weight is 481 g/mol. The summed E-state index contributed by atoms with van der Waals surface area (Å²) in [6.45, 7) is 3.41. The number of ether oxygens (including phenoxy) is 1. The molecule has 0 spiro atoms. The molecule has 0 saturated heterocycles. The average Bonchev–Trinajstić information content (AvgIpc) is 3.30. The molecule has 0 fully saturated rings. The van der Waals surface area contributed by atoms with Crippen molar-refractivity contribution in [3.05, 3.63) is 107 Å². The van der Waals surface area contributed by atoms with Crippen LogP contribution < -0.4 is 0 Å². The number of aryl methyl sites for hydroxylation is 1. The highest BCUT2D eigenvalue weighted by Gasteiger charge is 2.27. The Bertz CT molecular complexity index is 1140. The number of hydrogen-bond donors (Lipinski definition) is 1. The van der Waals surface area contributed by atoms with Crippen molar-refractivity contribution in [2.24, 2.45) is 5.16 Å². The minimum atomic E-state index is -0.791. The van der Waals surface area contributed by atoms with Gasteiger partial charge in [-0.1, -0.05) is 65.8 Å². The smallest absolute Gasteiger partial charge is 0.145 e. The van der Waals surface area contributed by atoms with Crippen LogP contribution in [0.15, 0.2) is 78.0 Å². The predicted molar refractivity (Wildman–Crippen MR) is 131 cm³/mol. The third-order valence-corrected chi connectivity index (χ3v) is 5.95. The number of oxime groups is 1. The molecule has 0 radical (unpaired) electrons. The first-order valence-corrected chi connectivity index (χ1v) is 11.7. The standard InChI is InChI=1S/C28H30F2N2O3/c1-20-7-5-6-10-26(20)28-14-25(35-31-28)17-32(15-22-11-12-23(29)13-27(22)30)16-24(33)19-34-18-21-8-3-2-4-9-21/h2-13,24-25,33H,14-19H2,1H3. The second-order valence-corrected chi connectivity index (χ2v) is 8.87. The Hall–Kier alpha value is -3.13. The van der Waals surface area contributed by atoms with E-state index in [1.54, 1.807) is 0 Å². The lowest BCUT2D eigenvalue weighted by atomic mass is 10.00. The van der Waals surface area contributed by atoms with Gasteiger partial charge in [-0.05, 0) is 24.1 Å². The summed E-state index contributed by atoms with van der Waals surface area (Å²) in [6, 6.07) is 21.2. The summed E-state index contributed by atoms with van der Waals surface area (Å²) in [5, 5.41) is 14.9. The minimum Gasteiger partial charge on any atom is -0.390 e. The Kier molecular flexibility index (Phi) is 8.58.